The van der Waals surface area contributed by atoms with Crippen LogP contribution in [0.15, 0.2) is 94.6 Å². The van der Waals surface area contributed by atoms with Crippen LogP contribution in [-0.2, 0) is 19.8 Å². The number of aliphatic hydroxyl groups is 1. The highest BCUT2D eigenvalue weighted by atomic mass is 19.4. The predicted octanol–water partition coefficient (Wildman–Crippen LogP) is 3.93. The van der Waals surface area contributed by atoms with E-state index in [1.165, 1.54) is 0 Å². The van der Waals surface area contributed by atoms with Crippen molar-refractivity contribution in [2.45, 2.75) is 36.6 Å². The number of esters is 1. The van der Waals surface area contributed by atoms with Crippen molar-refractivity contribution in [2.75, 3.05) is 27.4 Å². The van der Waals surface area contributed by atoms with Crippen molar-refractivity contribution in [1.29, 1.82) is 0 Å². The fourth-order valence-electron chi connectivity index (χ4n) is 5.39. The average molecular weight is 657 g/mol. The maximum atomic E-state index is 12.7. The van der Waals surface area contributed by atoms with Gasteiger partial charge in [0.25, 0.3) is 5.56 Å². The predicted molar refractivity (Wildman–Crippen MR) is 160 cm³/mol. The van der Waals surface area contributed by atoms with Crippen LogP contribution < -0.4 is 20.7 Å². The minimum atomic E-state index is -4.82. The Morgan fingerprint density at radius 3 is 2.00 bits per heavy atom. The molecule has 0 bridgehead atoms. The number of halogens is 3. The molecule has 1 saturated heterocycles. The van der Waals surface area contributed by atoms with Gasteiger partial charge in [0.2, 0.25) is 0 Å². The molecule has 2 N–H and O–H groups in total. The molecule has 1 unspecified atom stereocenters. The Balaban J connectivity index is 1.47. The van der Waals surface area contributed by atoms with Crippen LogP contribution in [0.5, 0.6) is 11.5 Å². The molecule has 0 saturated carbocycles. The third-order valence-corrected chi connectivity index (χ3v) is 7.71. The van der Waals surface area contributed by atoms with Crippen LogP contribution in [0.25, 0.3) is 0 Å². The molecular formula is C33H31F3N2O9. The van der Waals surface area contributed by atoms with Crippen molar-refractivity contribution in [2.24, 2.45) is 0 Å². The van der Waals surface area contributed by atoms with Gasteiger partial charge in [-0.15, -0.1) is 0 Å². The zero-order valence-electron chi connectivity index (χ0n) is 25.2. The van der Waals surface area contributed by atoms with Gasteiger partial charge in [0.05, 0.1) is 26.9 Å². The molecule has 47 heavy (non-hydrogen) atoms. The molecule has 4 aromatic rings. The van der Waals surface area contributed by atoms with Crippen LogP contribution in [0.3, 0.4) is 0 Å². The number of hydrogen-bond acceptors (Lipinski definition) is 9. The van der Waals surface area contributed by atoms with Gasteiger partial charge in [-0.05, 0) is 41.0 Å². The minimum Gasteiger partial charge on any atom is -0.497 e. The third-order valence-electron chi connectivity index (χ3n) is 7.71. The van der Waals surface area contributed by atoms with Gasteiger partial charge < -0.3 is 28.8 Å². The molecular weight excluding hydrogens is 625 g/mol. The summed E-state index contributed by atoms with van der Waals surface area (Å²) in [4.78, 5) is 39.0. The SMILES string of the molecule is COc1ccc(C(OC[C@@H]2O[C@H](n3cc(C(=O)OCC(F)(F)F)c(=O)[nH]c3=O)CC2O)(c2ccccc2)c2ccc(OC)cc2)cc1. The fraction of sp³-hybridized carbons (Fsp3) is 0.303. The number of carbonyl (C=O) groups is 1. The van der Waals surface area contributed by atoms with Crippen molar-refractivity contribution in [3.63, 3.8) is 0 Å². The summed E-state index contributed by atoms with van der Waals surface area (Å²) in [5.74, 6) is -0.339. The quantitative estimate of drug-likeness (QED) is 0.182. The van der Waals surface area contributed by atoms with Crippen LogP contribution in [0.2, 0.25) is 0 Å². The second-order valence-electron chi connectivity index (χ2n) is 10.6. The second-order valence-corrected chi connectivity index (χ2v) is 10.6. The third kappa shape index (κ3) is 7.24. The first-order valence-electron chi connectivity index (χ1n) is 14.4. The minimum absolute atomic E-state index is 0.166. The molecule has 2 heterocycles. The summed E-state index contributed by atoms with van der Waals surface area (Å²) in [5.41, 5.74) is -2.13. The van der Waals surface area contributed by atoms with Gasteiger partial charge in [0.15, 0.2) is 6.61 Å². The Bertz CT molecular complexity index is 1740. The Labute approximate surface area is 266 Å². The number of benzene rings is 3. The number of methoxy groups -OCH3 is 2. The highest BCUT2D eigenvalue weighted by Crippen LogP contribution is 2.42. The van der Waals surface area contributed by atoms with Crippen molar-refractivity contribution < 1.29 is 46.8 Å². The topological polar surface area (TPSA) is 138 Å². The van der Waals surface area contributed by atoms with Gasteiger partial charge >= 0.3 is 17.8 Å². The molecule has 3 aromatic carbocycles. The molecule has 0 amide bonds. The van der Waals surface area contributed by atoms with E-state index < -0.39 is 59.6 Å². The van der Waals surface area contributed by atoms with E-state index in [2.05, 4.69) is 4.74 Å². The Kier molecular flexibility index (Phi) is 9.84. The van der Waals surface area contributed by atoms with E-state index in [4.69, 9.17) is 18.9 Å². The Hall–Kier alpha value is -4.92. The highest BCUT2D eigenvalue weighted by Gasteiger charge is 2.42. The molecule has 0 spiro atoms. The zero-order chi connectivity index (χ0) is 33.8. The van der Waals surface area contributed by atoms with Gasteiger partial charge in [0.1, 0.15) is 35.0 Å². The second kappa shape index (κ2) is 13.8. The Morgan fingerprint density at radius 2 is 1.47 bits per heavy atom. The maximum Gasteiger partial charge on any atom is 0.422 e. The van der Waals surface area contributed by atoms with Crippen LogP contribution in [0.4, 0.5) is 13.2 Å². The Morgan fingerprint density at radius 1 is 0.915 bits per heavy atom. The molecule has 1 fully saturated rings. The molecule has 5 rings (SSSR count). The average Bonchev–Trinajstić information content (AvgIpc) is 3.44. The van der Waals surface area contributed by atoms with Gasteiger partial charge in [-0.1, -0.05) is 54.6 Å². The fourth-order valence-corrected chi connectivity index (χ4v) is 5.39. The van der Waals surface area contributed by atoms with Gasteiger partial charge in [-0.25, -0.2) is 9.59 Å². The van der Waals surface area contributed by atoms with Crippen molar-refractivity contribution in [3.8, 4) is 11.5 Å². The summed E-state index contributed by atoms with van der Waals surface area (Å²) in [7, 11) is 3.10. The van der Waals surface area contributed by atoms with Gasteiger partial charge in [0, 0.05) is 12.6 Å². The van der Waals surface area contributed by atoms with Crippen molar-refractivity contribution >= 4 is 5.97 Å². The van der Waals surface area contributed by atoms with Crippen LogP contribution in [-0.4, -0.2) is 66.4 Å². The molecule has 11 nitrogen and oxygen atoms in total. The number of aromatic nitrogens is 2. The number of aromatic amines is 1. The number of H-pyrrole nitrogens is 1. The number of ether oxygens (including phenoxy) is 5. The molecule has 1 aromatic heterocycles. The van der Waals surface area contributed by atoms with E-state index in [-0.39, 0.29) is 13.0 Å². The number of nitrogens with one attached hydrogen (secondary N) is 1. The summed E-state index contributed by atoms with van der Waals surface area (Å²) in [6, 6.07) is 23.9. The van der Waals surface area contributed by atoms with Gasteiger partial charge in [-0.2, -0.15) is 13.2 Å². The smallest absolute Gasteiger partial charge is 0.422 e. The molecule has 0 aliphatic carbocycles. The molecule has 1 aliphatic heterocycles. The molecule has 3 atom stereocenters. The number of alkyl halides is 3. The van der Waals surface area contributed by atoms with E-state index in [1.807, 2.05) is 59.6 Å². The first-order chi connectivity index (χ1) is 22.4. The lowest BCUT2D eigenvalue weighted by molar-refractivity contribution is -0.161. The number of carbonyl (C=O) groups excluding carboxylic acids is 1. The van der Waals surface area contributed by atoms with E-state index in [9.17, 15) is 32.7 Å². The number of nitrogens with zero attached hydrogens (tertiary/aromatic N) is 1. The highest BCUT2D eigenvalue weighted by molar-refractivity contribution is 5.88. The first kappa shape index (κ1) is 33.4. The number of aliphatic hydroxyl groups excluding tert-OH is 1. The number of hydrogen-bond donors (Lipinski definition) is 2. The van der Waals surface area contributed by atoms with Crippen LogP contribution >= 0.6 is 0 Å². The van der Waals surface area contributed by atoms with Crippen molar-refractivity contribution in [3.05, 3.63) is 128 Å². The summed E-state index contributed by atoms with van der Waals surface area (Å²) in [5, 5.41) is 11.0. The molecule has 14 heteroatoms. The lowest BCUT2D eigenvalue weighted by Crippen LogP contribution is -2.38. The summed E-state index contributed by atoms with van der Waals surface area (Å²) in [6.07, 6.45) is -7.64. The standard InChI is InChI=1S/C33H31F3N2O9/c1-43-23-12-8-21(9-13-23)33(20-6-4-3-5-7-20,22-10-14-24(44-2)15-11-22)46-18-27-26(39)16-28(47-27)38-17-25(29(40)37-31(38)42)30(41)45-19-32(34,35)36/h3-15,17,26-28,39H,16,18-19H2,1-2H3,(H,37,40,42)/t26?,27-,28-/m0/s1. The van der Waals surface area contributed by atoms with E-state index in [1.54, 1.807) is 38.5 Å². The normalized spacial score (nSPS) is 18.1. The van der Waals surface area contributed by atoms with E-state index in [0.717, 1.165) is 27.5 Å². The van der Waals surface area contributed by atoms with Crippen molar-refractivity contribution in [1.82, 2.24) is 9.55 Å². The first-order valence-corrected chi connectivity index (χ1v) is 14.4. The monoisotopic (exact) mass is 656 g/mol. The van der Waals surface area contributed by atoms with Crippen LogP contribution in [0, 0.1) is 0 Å². The zero-order valence-corrected chi connectivity index (χ0v) is 25.2. The largest absolute Gasteiger partial charge is 0.497 e. The lowest BCUT2D eigenvalue weighted by atomic mass is 9.80. The lowest BCUT2D eigenvalue weighted by Gasteiger charge is -2.37. The molecule has 1 aliphatic rings. The summed E-state index contributed by atoms with van der Waals surface area (Å²) < 4.78 is 66.2. The van der Waals surface area contributed by atoms with Gasteiger partial charge in [-0.3, -0.25) is 14.3 Å². The number of rotatable bonds is 11. The summed E-state index contributed by atoms with van der Waals surface area (Å²) >= 11 is 0. The van der Waals surface area contributed by atoms with E-state index >= 15 is 0 Å². The molecule has 0 radical (unpaired) electrons. The van der Waals surface area contributed by atoms with Crippen LogP contribution in [0.1, 0.15) is 39.7 Å². The molecule has 248 valence electrons. The van der Waals surface area contributed by atoms with E-state index in [0.29, 0.717) is 11.5 Å². The maximum absolute atomic E-state index is 12.7. The summed E-state index contributed by atoms with van der Waals surface area (Å²) in [6.45, 7) is -2.13.